The fourth-order valence-corrected chi connectivity index (χ4v) is 1.57. The number of anilines is 2. The maximum atomic E-state index is 5.95. The van der Waals surface area contributed by atoms with Gasteiger partial charge < -0.3 is 15.8 Å². The molecule has 0 unspecified atom stereocenters. The van der Waals surface area contributed by atoms with Gasteiger partial charge in [-0.1, -0.05) is 6.07 Å². The standard InChI is InChI=1S/C13H17N5O/c1-3-19-13-17-9(2)11(14)12(18-13)16-8-10-5-4-6-15-7-10/h4-7H,3,8,14H2,1-2H3,(H,16,17,18). The zero-order valence-corrected chi connectivity index (χ0v) is 11.1. The summed E-state index contributed by atoms with van der Waals surface area (Å²) in [5, 5.41) is 3.17. The van der Waals surface area contributed by atoms with Gasteiger partial charge in [-0.2, -0.15) is 9.97 Å². The first-order chi connectivity index (χ1) is 9.20. The smallest absolute Gasteiger partial charge is 0.318 e. The van der Waals surface area contributed by atoms with Crippen molar-refractivity contribution in [3.63, 3.8) is 0 Å². The maximum absolute atomic E-state index is 5.95. The van der Waals surface area contributed by atoms with E-state index in [-0.39, 0.29) is 0 Å². The van der Waals surface area contributed by atoms with Crippen molar-refractivity contribution in [2.75, 3.05) is 17.7 Å². The first-order valence-electron chi connectivity index (χ1n) is 6.10. The highest BCUT2D eigenvalue weighted by Crippen LogP contribution is 2.22. The molecule has 0 spiro atoms. The van der Waals surface area contributed by atoms with Crippen LogP contribution in [0, 0.1) is 6.92 Å². The third-order valence-electron chi connectivity index (χ3n) is 2.57. The van der Waals surface area contributed by atoms with Gasteiger partial charge >= 0.3 is 6.01 Å². The largest absolute Gasteiger partial charge is 0.464 e. The Morgan fingerprint density at radius 3 is 2.89 bits per heavy atom. The molecule has 0 aliphatic heterocycles. The van der Waals surface area contributed by atoms with Gasteiger partial charge in [0, 0.05) is 18.9 Å². The van der Waals surface area contributed by atoms with Crippen LogP contribution in [-0.2, 0) is 6.54 Å². The average Bonchev–Trinajstić information content (AvgIpc) is 2.42. The van der Waals surface area contributed by atoms with E-state index in [9.17, 15) is 0 Å². The van der Waals surface area contributed by atoms with Crippen molar-refractivity contribution in [3.05, 3.63) is 35.8 Å². The minimum absolute atomic E-state index is 0.336. The summed E-state index contributed by atoms with van der Waals surface area (Å²) >= 11 is 0. The van der Waals surface area contributed by atoms with E-state index in [0.717, 1.165) is 5.56 Å². The van der Waals surface area contributed by atoms with Crippen molar-refractivity contribution in [3.8, 4) is 6.01 Å². The Hall–Kier alpha value is -2.37. The number of aryl methyl sites for hydroxylation is 1. The normalized spacial score (nSPS) is 10.2. The van der Waals surface area contributed by atoms with Crippen molar-refractivity contribution < 1.29 is 4.74 Å². The predicted molar refractivity (Wildman–Crippen MR) is 73.9 cm³/mol. The van der Waals surface area contributed by atoms with Gasteiger partial charge in [0.1, 0.15) is 0 Å². The zero-order valence-electron chi connectivity index (χ0n) is 11.1. The molecular weight excluding hydrogens is 242 g/mol. The van der Waals surface area contributed by atoms with E-state index in [4.69, 9.17) is 10.5 Å². The number of nitrogens with two attached hydrogens (primary N) is 1. The van der Waals surface area contributed by atoms with Crippen LogP contribution in [0.1, 0.15) is 18.2 Å². The summed E-state index contributed by atoms with van der Waals surface area (Å²) in [6, 6.07) is 4.20. The molecule has 2 heterocycles. The van der Waals surface area contributed by atoms with E-state index in [1.165, 1.54) is 0 Å². The van der Waals surface area contributed by atoms with E-state index >= 15 is 0 Å². The summed E-state index contributed by atoms with van der Waals surface area (Å²) in [5.74, 6) is 0.583. The summed E-state index contributed by atoms with van der Waals surface area (Å²) in [7, 11) is 0. The molecule has 0 aliphatic carbocycles. The molecule has 19 heavy (non-hydrogen) atoms. The lowest BCUT2D eigenvalue weighted by Crippen LogP contribution is -2.09. The molecule has 0 bridgehead atoms. The Morgan fingerprint density at radius 2 is 2.21 bits per heavy atom. The predicted octanol–water partition coefficient (Wildman–Crippen LogP) is 1.77. The molecule has 2 aromatic heterocycles. The summed E-state index contributed by atoms with van der Waals surface area (Å²) in [4.78, 5) is 12.5. The number of hydrogen-bond donors (Lipinski definition) is 2. The Kier molecular flexibility index (Phi) is 4.12. The molecule has 3 N–H and O–H groups in total. The molecule has 0 saturated heterocycles. The van der Waals surface area contributed by atoms with Crippen LogP contribution in [0.4, 0.5) is 11.5 Å². The lowest BCUT2D eigenvalue weighted by molar-refractivity contribution is 0.312. The fraction of sp³-hybridized carbons (Fsp3) is 0.308. The molecule has 0 saturated carbocycles. The fourth-order valence-electron chi connectivity index (χ4n) is 1.57. The number of ether oxygens (including phenoxy) is 1. The topological polar surface area (TPSA) is 86.0 Å². The zero-order chi connectivity index (χ0) is 13.7. The molecule has 6 heteroatoms. The Balaban J connectivity index is 2.15. The van der Waals surface area contributed by atoms with Gasteiger partial charge in [-0.05, 0) is 25.5 Å². The van der Waals surface area contributed by atoms with Crippen LogP contribution in [0.5, 0.6) is 6.01 Å². The second-order valence-electron chi connectivity index (χ2n) is 4.00. The number of pyridine rings is 1. The number of nitrogens with zero attached hydrogens (tertiary/aromatic N) is 3. The first-order valence-corrected chi connectivity index (χ1v) is 6.10. The van der Waals surface area contributed by atoms with Crippen molar-refractivity contribution >= 4 is 11.5 Å². The summed E-state index contributed by atoms with van der Waals surface area (Å²) in [6.45, 7) is 4.83. The van der Waals surface area contributed by atoms with Crippen LogP contribution in [0.25, 0.3) is 0 Å². The molecule has 0 aliphatic rings. The Morgan fingerprint density at radius 1 is 1.37 bits per heavy atom. The van der Waals surface area contributed by atoms with Crippen LogP contribution < -0.4 is 15.8 Å². The van der Waals surface area contributed by atoms with Crippen LogP contribution >= 0.6 is 0 Å². The summed E-state index contributed by atoms with van der Waals surface area (Å²) in [6.07, 6.45) is 3.53. The minimum atomic E-state index is 0.336. The van der Waals surface area contributed by atoms with Gasteiger partial charge in [0.15, 0.2) is 5.82 Å². The lowest BCUT2D eigenvalue weighted by atomic mass is 10.3. The highest BCUT2D eigenvalue weighted by molar-refractivity contribution is 5.64. The molecule has 6 nitrogen and oxygen atoms in total. The number of aromatic nitrogens is 3. The van der Waals surface area contributed by atoms with E-state index in [1.54, 1.807) is 12.4 Å². The van der Waals surface area contributed by atoms with Crippen LogP contribution in [-0.4, -0.2) is 21.6 Å². The SMILES string of the molecule is CCOc1nc(C)c(N)c(NCc2cccnc2)n1. The second-order valence-corrected chi connectivity index (χ2v) is 4.00. The monoisotopic (exact) mass is 259 g/mol. The molecule has 2 rings (SSSR count). The van der Waals surface area contributed by atoms with Gasteiger partial charge in [-0.3, -0.25) is 4.98 Å². The number of rotatable bonds is 5. The molecule has 0 aromatic carbocycles. The Labute approximate surface area is 112 Å². The Bertz CT molecular complexity index is 544. The summed E-state index contributed by atoms with van der Waals surface area (Å²) in [5.41, 5.74) is 8.24. The number of nitrogen functional groups attached to an aromatic ring is 1. The van der Waals surface area contributed by atoms with E-state index in [2.05, 4.69) is 20.3 Å². The molecule has 0 amide bonds. The van der Waals surface area contributed by atoms with Gasteiger partial charge in [0.05, 0.1) is 18.0 Å². The van der Waals surface area contributed by atoms with Crippen molar-refractivity contribution in [1.82, 2.24) is 15.0 Å². The summed E-state index contributed by atoms with van der Waals surface area (Å²) < 4.78 is 5.30. The highest BCUT2D eigenvalue weighted by atomic mass is 16.5. The third-order valence-corrected chi connectivity index (χ3v) is 2.57. The van der Waals surface area contributed by atoms with Gasteiger partial charge in [-0.15, -0.1) is 0 Å². The third kappa shape index (κ3) is 3.31. The molecule has 0 fully saturated rings. The maximum Gasteiger partial charge on any atom is 0.318 e. The van der Waals surface area contributed by atoms with E-state index < -0.39 is 0 Å². The van der Waals surface area contributed by atoms with Gasteiger partial charge in [-0.25, -0.2) is 0 Å². The average molecular weight is 259 g/mol. The van der Waals surface area contributed by atoms with Crippen molar-refractivity contribution in [1.29, 1.82) is 0 Å². The lowest BCUT2D eigenvalue weighted by Gasteiger charge is -2.11. The highest BCUT2D eigenvalue weighted by Gasteiger charge is 2.09. The van der Waals surface area contributed by atoms with E-state index in [1.807, 2.05) is 26.0 Å². The van der Waals surface area contributed by atoms with Crippen LogP contribution in [0.15, 0.2) is 24.5 Å². The van der Waals surface area contributed by atoms with Crippen molar-refractivity contribution in [2.45, 2.75) is 20.4 Å². The molecule has 100 valence electrons. The van der Waals surface area contributed by atoms with Crippen LogP contribution in [0.2, 0.25) is 0 Å². The molecular formula is C13H17N5O. The quantitative estimate of drug-likeness (QED) is 0.851. The van der Waals surface area contributed by atoms with Crippen molar-refractivity contribution in [2.24, 2.45) is 0 Å². The second kappa shape index (κ2) is 5.99. The molecule has 0 radical (unpaired) electrons. The minimum Gasteiger partial charge on any atom is -0.464 e. The molecule has 2 aromatic rings. The van der Waals surface area contributed by atoms with Crippen LogP contribution in [0.3, 0.4) is 0 Å². The number of hydrogen-bond acceptors (Lipinski definition) is 6. The van der Waals surface area contributed by atoms with Gasteiger partial charge in [0.25, 0.3) is 0 Å². The number of nitrogens with one attached hydrogen (secondary N) is 1. The van der Waals surface area contributed by atoms with Gasteiger partial charge in [0.2, 0.25) is 0 Å². The first kappa shape index (κ1) is 13.1. The molecule has 0 atom stereocenters. The van der Waals surface area contributed by atoms with E-state index in [0.29, 0.717) is 36.4 Å².